The van der Waals surface area contributed by atoms with Crippen molar-refractivity contribution in [2.45, 2.75) is 25.8 Å². The standard InChI is InChI=1S/C27H27ClN2O2/c1-3-8-20-11-16-25(26(19-20)31-2)32-18-7-6-17-30-24-10-5-4-9-23(24)29-27(30)21-12-14-22(28)15-13-21/h3-5,9-16,19H,1,6-8,17-18H2,2H3. The van der Waals surface area contributed by atoms with E-state index in [1.54, 1.807) is 7.11 Å². The Kier molecular flexibility index (Phi) is 7.13. The quantitative estimate of drug-likeness (QED) is 0.195. The van der Waals surface area contributed by atoms with Crippen LogP contribution in [0.5, 0.6) is 11.5 Å². The molecule has 0 N–H and O–H groups in total. The highest BCUT2D eigenvalue weighted by Gasteiger charge is 2.12. The summed E-state index contributed by atoms with van der Waals surface area (Å²) in [5.41, 5.74) is 4.35. The third-order valence-electron chi connectivity index (χ3n) is 5.40. The number of imidazole rings is 1. The van der Waals surface area contributed by atoms with E-state index in [0.29, 0.717) is 6.61 Å². The second-order valence-corrected chi connectivity index (χ2v) is 8.05. The Morgan fingerprint density at radius 3 is 2.59 bits per heavy atom. The zero-order valence-corrected chi connectivity index (χ0v) is 19.0. The van der Waals surface area contributed by atoms with Gasteiger partial charge in [-0.05, 0) is 73.4 Å². The van der Waals surface area contributed by atoms with Crippen molar-refractivity contribution in [1.82, 2.24) is 9.55 Å². The molecule has 0 fully saturated rings. The lowest BCUT2D eigenvalue weighted by atomic mass is 10.1. The fourth-order valence-corrected chi connectivity index (χ4v) is 3.93. The fraction of sp³-hybridized carbons (Fsp3) is 0.222. The van der Waals surface area contributed by atoms with Gasteiger partial charge in [-0.1, -0.05) is 35.9 Å². The van der Waals surface area contributed by atoms with Gasteiger partial charge in [0.15, 0.2) is 11.5 Å². The zero-order valence-electron chi connectivity index (χ0n) is 18.3. The van der Waals surface area contributed by atoms with Crippen LogP contribution < -0.4 is 9.47 Å². The molecule has 0 aliphatic carbocycles. The van der Waals surface area contributed by atoms with Crippen molar-refractivity contribution in [3.63, 3.8) is 0 Å². The highest BCUT2D eigenvalue weighted by molar-refractivity contribution is 6.30. The van der Waals surface area contributed by atoms with Gasteiger partial charge in [0.25, 0.3) is 0 Å². The van der Waals surface area contributed by atoms with Crippen LogP contribution in [0.3, 0.4) is 0 Å². The van der Waals surface area contributed by atoms with Crippen molar-refractivity contribution >= 4 is 22.6 Å². The van der Waals surface area contributed by atoms with Gasteiger partial charge in [0.1, 0.15) is 5.82 Å². The van der Waals surface area contributed by atoms with Gasteiger partial charge in [0.2, 0.25) is 0 Å². The number of benzene rings is 3. The van der Waals surface area contributed by atoms with Gasteiger partial charge in [0.05, 0.1) is 24.8 Å². The van der Waals surface area contributed by atoms with Gasteiger partial charge in [-0.25, -0.2) is 4.98 Å². The highest BCUT2D eigenvalue weighted by atomic mass is 35.5. The molecular formula is C27H27ClN2O2. The molecule has 0 spiro atoms. The molecule has 0 saturated carbocycles. The normalized spacial score (nSPS) is 10.9. The number of rotatable bonds is 10. The van der Waals surface area contributed by atoms with Gasteiger partial charge in [0, 0.05) is 17.1 Å². The molecule has 4 rings (SSSR count). The topological polar surface area (TPSA) is 36.3 Å². The Bertz CT molecular complexity index is 1200. The molecule has 5 heteroatoms. The number of methoxy groups -OCH3 is 1. The van der Waals surface area contributed by atoms with E-state index in [2.05, 4.69) is 35.4 Å². The molecule has 32 heavy (non-hydrogen) atoms. The maximum absolute atomic E-state index is 6.08. The molecule has 0 atom stereocenters. The SMILES string of the molecule is C=CCc1ccc(OCCCCn2c(-c3ccc(Cl)cc3)nc3ccccc32)c(OC)c1. The Morgan fingerprint density at radius 1 is 1.00 bits per heavy atom. The number of halogens is 1. The number of aryl methyl sites for hydroxylation is 1. The predicted octanol–water partition coefficient (Wildman–Crippen LogP) is 6.95. The molecule has 0 aliphatic heterocycles. The fourth-order valence-electron chi connectivity index (χ4n) is 3.80. The first-order chi connectivity index (χ1) is 15.7. The molecule has 0 amide bonds. The third-order valence-corrected chi connectivity index (χ3v) is 5.65. The predicted molar refractivity (Wildman–Crippen MR) is 132 cm³/mol. The van der Waals surface area contributed by atoms with Gasteiger partial charge in [-0.3, -0.25) is 0 Å². The molecule has 4 nitrogen and oxygen atoms in total. The van der Waals surface area contributed by atoms with E-state index in [1.807, 2.05) is 48.5 Å². The maximum atomic E-state index is 6.08. The molecule has 0 saturated heterocycles. The number of fused-ring (bicyclic) bond motifs is 1. The van der Waals surface area contributed by atoms with Crippen LogP contribution in [0.2, 0.25) is 5.02 Å². The summed E-state index contributed by atoms with van der Waals surface area (Å²) >= 11 is 6.08. The molecule has 4 aromatic rings. The minimum absolute atomic E-state index is 0.625. The lowest BCUT2D eigenvalue weighted by Gasteiger charge is -2.13. The van der Waals surface area contributed by atoms with Gasteiger partial charge in [-0.2, -0.15) is 0 Å². The summed E-state index contributed by atoms with van der Waals surface area (Å²) in [6.45, 7) is 5.27. The first-order valence-corrected chi connectivity index (χ1v) is 11.2. The molecule has 0 bridgehead atoms. The Balaban J connectivity index is 1.42. The van der Waals surface area contributed by atoms with Crippen LogP contribution in [0.15, 0.2) is 79.4 Å². The molecular weight excluding hydrogens is 420 g/mol. The largest absolute Gasteiger partial charge is 0.493 e. The monoisotopic (exact) mass is 446 g/mol. The second kappa shape index (κ2) is 10.4. The maximum Gasteiger partial charge on any atom is 0.161 e. The lowest BCUT2D eigenvalue weighted by molar-refractivity contribution is 0.284. The van der Waals surface area contributed by atoms with Crippen LogP contribution in [0.1, 0.15) is 18.4 Å². The van der Waals surface area contributed by atoms with Crippen LogP contribution in [-0.2, 0) is 13.0 Å². The van der Waals surface area contributed by atoms with E-state index in [9.17, 15) is 0 Å². The summed E-state index contributed by atoms with van der Waals surface area (Å²) in [5.74, 6) is 2.49. The van der Waals surface area contributed by atoms with Crippen molar-refractivity contribution in [3.8, 4) is 22.9 Å². The van der Waals surface area contributed by atoms with E-state index < -0.39 is 0 Å². The Labute approximate surface area is 194 Å². The highest BCUT2D eigenvalue weighted by Crippen LogP contribution is 2.29. The number of hydrogen-bond donors (Lipinski definition) is 0. The third kappa shape index (κ3) is 4.97. The molecule has 1 heterocycles. The molecule has 164 valence electrons. The van der Waals surface area contributed by atoms with Crippen LogP contribution >= 0.6 is 11.6 Å². The number of unbranched alkanes of at least 4 members (excludes halogenated alkanes) is 1. The summed E-state index contributed by atoms with van der Waals surface area (Å²) < 4.78 is 13.8. The van der Waals surface area contributed by atoms with Crippen molar-refractivity contribution in [2.75, 3.05) is 13.7 Å². The zero-order chi connectivity index (χ0) is 22.3. The second-order valence-electron chi connectivity index (χ2n) is 7.62. The summed E-state index contributed by atoms with van der Waals surface area (Å²) in [7, 11) is 1.67. The minimum Gasteiger partial charge on any atom is -0.493 e. The molecule has 0 aliphatic rings. The summed E-state index contributed by atoms with van der Waals surface area (Å²) in [6, 6.07) is 22.1. The van der Waals surface area contributed by atoms with Crippen molar-refractivity contribution in [2.24, 2.45) is 0 Å². The smallest absolute Gasteiger partial charge is 0.161 e. The van der Waals surface area contributed by atoms with E-state index in [1.165, 1.54) is 0 Å². The van der Waals surface area contributed by atoms with Crippen molar-refractivity contribution in [3.05, 3.63) is 90.0 Å². The first-order valence-electron chi connectivity index (χ1n) is 10.8. The number of hydrogen-bond acceptors (Lipinski definition) is 3. The molecule has 1 aromatic heterocycles. The van der Waals surface area contributed by atoms with Crippen LogP contribution in [-0.4, -0.2) is 23.3 Å². The summed E-state index contributed by atoms with van der Waals surface area (Å²) in [5, 5.41) is 0.724. The number of ether oxygens (including phenoxy) is 2. The van der Waals surface area contributed by atoms with E-state index in [-0.39, 0.29) is 0 Å². The van der Waals surface area contributed by atoms with E-state index in [4.69, 9.17) is 26.1 Å². The number of nitrogens with zero attached hydrogens (tertiary/aromatic N) is 2. The van der Waals surface area contributed by atoms with E-state index >= 15 is 0 Å². The van der Waals surface area contributed by atoms with Crippen LogP contribution in [0.25, 0.3) is 22.4 Å². The van der Waals surface area contributed by atoms with Gasteiger partial charge < -0.3 is 14.0 Å². The average molecular weight is 447 g/mol. The first kappa shape index (κ1) is 22.0. The number of para-hydroxylation sites is 2. The van der Waals surface area contributed by atoms with Crippen molar-refractivity contribution < 1.29 is 9.47 Å². The molecule has 3 aromatic carbocycles. The number of aromatic nitrogens is 2. The van der Waals surface area contributed by atoms with Crippen LogP contribution in [0.4, 0.5) is 0 Å². The summed E-state index contributed by atoms with van der Waals surface area (Å²) in [4.78, 5) is 4.87. The van der Waals surface area contributed by atoms with Crippen molar-refractivity contribution in [1.29, 1.82) is 0 Å². The lowest BCUT2D eigenvalue weighted by Crippen LogP contribution is -2.04. The number of allylic oxidation sites excluding steroid dienone is 1. The minimum atomic E-state index is 0.625. The molecule has 0 radical (unpaired) electrons. The molecule has 0 unspecified atom stereocenters. The van der Waals surface area contributed by atoms with Crippen LogP contribution in [0, 0.1) is 0 Å². The average Bonchev–Trinajstić information content (AvgIpc) is 3.18. The van der Waals surface area contributed by atoms with Gasteiger partial charge >= 0.3 is 0 Å². The summed E-state index contributed by atoms with van der Waals surface area (Å²) in [6.07, 6.45) is 4.58. The Hall–Kier alpha value is -3.24. The van der Waals surface area contributed by atoms with Gasteiger partial charge in [-0.15, -0.1) is 6.58 Å². The Morgan fingerprint density at radius 2 is 1.81 bits per heavy atom. The van der Waals surface area contributed by atoms with E-state index in [0.717, 1.165) is 70.3 Å².